The molecule has 2 fully saturated rings. The van der Waals surface area contributed by atoms with Crippen molar-refractivity contribution in [1.29, 1.82) is 0 Å². The van der Waals surface area contributed by atoms with Gasteiger partial charge >= 0.3 is 0 Å². The summed E-state index contributed by atoms with van der Waals surface area (Å²) in [5.74, 6) is 0.734. The number of aromatic nitrogens is 2. The van der Waals surface area contributed by atoms with Crippen molar-refractivity contribution in [3.05, 3.63) is 34.4 Å². The molecule has 0 spiro atoms. The van der Waals surface area contributed by atoms with Gasteiger partial charge in [-0.25, -0.2) is 4.98 Å². The van der Waals surface area contributed by atoms with Crippen LogP contribution >= 0.6 is 0 Å². The minimum absolute atomic E-state index is 0.187. The molecule has 0 amide bonds. The maximum Gasteiger partial charge on any atom is 0.294 e. The van der Waals surface area contributed by atoms with Gasteiger partial charge in [0.05, 0.1) is 6.54 Å². The standard InChI is InChI=1S/C18H21BN4O2/c1-2-22-7-12-6-11(22)8-23(12)9-15-20-16-13-5-10(19)3-4-14(13)25-17(16)18(24)21-15/h3-5,11-12H,2,6-9,19H2,1H3,(H,20,21,24)/t11-,12-/m0/s1. The molecule has 128 valence electrons. The number of hydrogen-bond donors (Lipinski definition) is 1. The van der Waals surface area contributed by atoms with Gasteiger partial charge in [-0.05, 0) is 19.0 Å². The van der Waals surface area contributed by atoms with Crippen LogP contribution in [0.15, 0.2) is 27.4 Å². The van der Waals surface area contributed by atoms with Gasteiger partial charge in [0.1, 0.15) is 24.8 Å². The second kappa shape index (κ2) is 5.44. The number of nitrogens with one attached hydrogen (secondary N) is 1. The normalized spacial score (nSPS) is 24.0. The Bertz CT molecular complexity index is 1030. The predicted molar refractivity (Wildman–Crippen MR) is 100 cm³/mol. The molecule has 0 saturated carbocycles. The summed E-state index contributed by atoms with van der Waals surface area (Å²) in [6, 6.07) is 7.16. The van der Waals surface area contributed by atoms with Crippen LogP contribution in [0.2, 0.25) is 0 Å². The molecule has 3 aromatic rings. The summed E-state index contributed by atoms with van der Waals surface area (Å²) >= 11 is 0. The van der Waals surface area contributed by atoms with E-state index in [1.807, 2.05) is 26.0 Å². The van der Waals surface area contributed by atoms with Gasteiger partial charge in [-0.3, -0.25) is 14.6 Å². The molecule has 0 radical (unpaired) electrons. The Morgan fingerprint density at radius 1 is 1.32 bits per heavy atom. The lowest BCUT2D eigenvalue weighted by atomic mass is 9.95. The monoisotopic (exact) mass is 336 g/mol. The van der Waals surface area contributed by atoms with Gasteiger partial charge in [-0.2, -0.15) is 0 Å². The minimum atomic E-state index is -0.187. The van der Waals surface area contributed by atoms with Crippen molar-refractivity contribution in [1.82, 2.24) is 19.8 Å². The van der Waals surface area contributed by atoms with Crippen LogP contribution in [0.3, 0.4) is 0 Å². The summed E-state index contributed by atoms with van der Waals surface area (Å²) < 4.78 is 5.71. The second-order valence-corrected chi connectivity index (χ2v) is 7.35. The van der Waals surface area contributed by atoms with Crippen LogP contribution in [-0.2, 0) is 6.54 Å². The number of fused-ring (bicyclic) bond motifs is 5. The van der Waals surface area contributed by atoms with Crippen LogP contribution < -0.4 is 11.0 Å². The summed E-state index contributed by atoms with van der Waals surface area (Å²) in [4.78, 5) is 25.1. The first-order chi connectivity index (χ1) is 12.1. The van der Waals surface area contributed by atoms with Crippen LogP contribution in [0.5, 0.6) is 0 Å². The molecule has 2 aliphatic rings. The van der Waals surface area contributed by atoms with Crippen molar-refractivity contribution >= 4 is 35.4 Å². The van der Waals surface area contributed by atoms with E-state index in [0.29, 0.717) is 29.7 Å². The number of likely N-dealkylation sites (tertiary alicyclic amines) is 2. The topological polar surface area (TPSA) is 65.4 Å². The Balaban J connectivity index is 1.51. The molecule has 5 rings (SSSR count). The Kier molecular flexibility index (Phi) is 3.30. The highest BCUT2D eigenvalue weighted by molar-refractivity contribution is 6.33. The molecule has 25 heavy (non-hydrogen) atoms. The molecule has 7 heteroatoms. The van der Waals surface area contributed by atoms with E-state index in [-0.39, 0.29) is 5.56 Å². The molecule has 2 bridgehead atoms. The van der Waals surface area contributed by atoms with E-state index in [1.54, 1.807) is 0 Å². The van der Waals surface area contributed by atoms with Crippen molar-refractivity contribution in [3.8, 4) is 0 Å². The van der Waals surface area contributed by atoms with E-state index < -0.39 is 0 Å². The van der Waals surface area contributed by atoms with Crippen LogP contribution in [-0.4, -0.2) is 59.3 Å². The Morgan fingerprint density at radius 3 is 2.88 bits per heavy atom. The molecule has 1 N–H and O–H groups in total. The fraction of sp³-hybridized carbons (Fsp3) is 0.444. The van der Waals surface area contributed by atoms with Gasteiger partial charge in [0, 0.05) is 30.6 Å². The molecular formula is C18H21BN4O2. The summed E-state index contributed by atoms with van der Waals surface area (Å²) in [6.07, 6.45) is 1.23. The van der Waals surface area contributed by atoms with Gasteiger partial charge in [0.2, 0.25) is 5.58 Å². The largest absolute Gasteiger partial charge is 0.449 e. The fourth-order valence-corrected chi connectivity index (χ4v) is 4.49. The van der Waals surface area contributed by atoms with Crippen LogP contribution in [0.4, 0.5) is 0 Å². The van der Waals surface area contributed by atoms with Gasteiger partial charge in [-0.1, -0.05) is 24.5 Å². The van der Waals surface area contributed by atoms with Crippen molar-refractivity contribution < 1.29 is 4.42 Å². The molecule has 2 aliphatic heterocycles. The molecule has 2 atom stereocenters. The highest BCUT2D eigenvalue weighted by atomic mass is 16.3. The molecule has 4 heterocycles. The zero-order valence-electron chi connectivity index (χ0n) is 14.6. The van der Waals surface area contributed by atoms with E-state index in [9.17, 15) is 4.79 Å². The zero-order chi connectivity index (χ0) is 17.1. The number of benzene rings is 1. The lowest BCUT2D eigenvalue weighted by Crippen LogP contribution is -2.45. The first kappa shape index (κ1) is 15.2. The van der Waals surface area contributed by atoms with E-state index in [4.69, 9.17) is 9.40 Å². The van der Waals surface area contributed by atoms with Crippen molar-refractivity contribution in [2.24, 2.45) is 0 Å². The molecule has 6 nitrogen and oxygen atoms in total. The molecule has 2 aromatic heterocycles. The minimum Gasteiger partial charge on any atom is -0.449 e. The zero-order valence-corrected chi connectivity index (χ0v) is 14.6. The summed E-state index contributed by atoms with van der Waals surface area (Å²) in [6.45, 7) is 6.23. The number of nitrogens with zero attached hydrogens (tertiary/aromatic N) is 3. The number of piperazine rings is 1. The maximum absolute atomic E-state index is 12.5. The number of likely N-dealkylation sites (N-methyl/N-ethyl adjacent to an activating group) is 1. The molecule has 1 aromatic carbocycles. The Hall–Kier alpha value is -2.12. The third-order valence-electron chi connectivity index (χ3n) is 5.75. The lowest BCUT2D eigenvalue weighted by Gasteiger charge is -2.33. The summed E-state index contributed by atoms with van der Waals surface area (Å²) in [7, 11) is 2.03. The number of aromatic amines is 1. The van der Waals surface area contributed by atoms with E-state index in [1.165, 1.54) is 6.42 Å². The smallest absolute Gasteiger partial charge is 0.294 e. The van der Waals surface area contributed by atoms with Crippen molar-refractivity contribution in [3.63, 3.8) is 0 Å². The Labute approximate surface area is 146 Å². The molecule has 0 aliphatic carbocycles. The molecule has 2 saturated heterocycles. The maximum atomic E-state index is 12.5. The lowest BCUT2D eigenvalue weighted by molar-refractivity contribution is 0.125. The highest BCUT2D eigenvalue weighted by Crippen LogP contribution is 2.31. The Morgan fingerprint density at radius 2 is 2.12 bits per heavy atom. The average Bonchev–Trinajstić information content (AvgIpc) is 3.27. The number of rotatable bonds is 3. The van der Waals surface area contributed by atoms with Crippen molar-refractivity contribution in [2.75, 3.05) is 19.6 Å². The van der Waals surface area contributed by atoms with Gasteiger partial charge in [0.25, 0.3) is 5.56 Å². The third kappa shape index (κ3) is 2.33. The van der Waals surface area contributed by atoms with Gasteiger partial charge in [0.15, 0.2) is 0 Å². The molecular weight excluding hydrogens is 315 g/mol. The van der Waals surface area contributed by atoms with E-state index >= 15 is 0 Å². The second-order valence-electron chi connectivity index (χ2n) is 7.35. The fourth-order valence-electron chi connectivity index (χ4n) is 4.49. The summed E-state index contributed by atoms with van der Waals surface area (Å²) in [5.41, 5.74) is 2.67. The molecule has 0 unspecified atom stereocenters. The van der Waals surface area contributed by atoms with Gasteiger partial charge < -0.3 is 9.40 Å². The first-order valence-corrected chi connectivity index (χ1v) is 9.02. The first-order valence-electron chi connectivity index (χ1n) is 9.02. The van der Waals surface area contributed by atoms with E-state index in [2.05, 4.69) is 21.7 Å². The third-order valence-corrected chi connectivity index (χ3v) is 5.75. The van der Waals surface area contributed by atoms with Gasteiger partial charge in [-0.15, -0.1) is 0 Å². The highest BCUT2D eigenvalue weighted by Gasteiger charge is 2.42. The number of hydrogen-bond acceptors (Lipinski definition) is 5. The number of H-pyrrole nitrogens is 1. The predicted octanol–water partition coefficient (Wildman–Crippen LogP) is 0.206. The van der Waals surface area contributed by atoms with E-state index in [0.717, 1.165) is 41.9 Å². The average molecular weight is 336 g/mol. The van der Waals surface area contributed by atoms with Crippen molar-refractivity contribution in [2.45, 2.75) is 32.0 Å². The SMILES string of the molecule is Bc1ccc2oc3c(=O)[nH]c(CN4C[C@@H]5C[C@H]4CN5CC)nc3c2c1. The number of furan rings is 1. The van der Waals surface area contributed by atoms with Crippen LogP contribution in [0.1, 0.15) is 19.2 Å². The quantitative estimate of drug-likeness (QED) is 0.693. The van der Waals surface area contributed by atoms with Crippen LogP contribution in [0.25, 0.3) is 22.1 Å². The van der Waals surface area contributed by atoms with Crippen LogP contribution in [0, 0.1) is 0 Å². The summed E-state index contributed by atoms with van der Waals surface area (Å²) in [5, 5.41) is 0.919.